The van der Waals surface area contributed by atoms with E-state index in [1.165, 1.54) is 0 Å². The first-order valence-corrected chi connectivity index (χ1v) is 6.41. The molecule has 0 spiro atoms. The van der Waals surface area contributed by atoms with Crippen LogP contribution in [0.25, 0.3) is 0 Å². The summed E-state index contributed by atoms with van der Waals surface area (Å²) in [5.41, 5.74) is -0.160. The molecule has 0 heterocycles. The lowest BCUT2D eigenvalue weighted by atomic mass is 10.1. The maximum atomic E-state index is 11.4. The van der Waals surface area contributed by atoms with Gasteiger partial charge in [0.1, 0.15) is 0 Å². The summed E-state index contributed by atoms with van der Waals surface area (Å²) in [6, 6.07) is 0. The zero-order valence-electron chi connectivity index (χ0n) is 11.9. The Balaban J connectivity index is 3.31. The summed E-state index contributed by atoms with van der Waals surface area (Å²) in [5, 5.41) is 5.95. The van der Waals surface area contributed by atoms with Crippen LogP contribution in [0.1, 0.15) is 41.0 Å². The summed E-state index contributed by atoms with van der Waals surface area (Å²) < 4.78 is 5.43. The van der Waals surface area contributed by atoms with E-state index in [0.29, 0.717) is 19.1 Å². The van der Waals surface area contributed by atoms with E-state index < -0.39 is 0 Å². The van der Waals surface area contributed by atoms with Gasteiger partial charge in [-0.2, -0.15) is 0 Å². The van der Waals surface area contributed by atoms with Crippen LogP contribution in [-0.4, -0.2) is 37.7 Å². The minimum atomic E-state index is -0.160. The molecule has 4 heteroatoms. The molecule has 0 unspecified atom stereocenters. The summed E-state index contributed by atoms with van der Waals surface area (Å²) in [5.74, 6) is 0.709. The fraction of sp³-hybridized carbons (Fsp3) is 0.923. The van der Waals surface area contributed by atoms with E-state index >= 15 is 0 Å². The minimum absolute atomic E-state index is 0.0275. The first-order valence-electron chi connectivity index (χ1n) is 6.41. The monoisotopic (exact) mass is 244 g/mol. The molecule has 0 aliphatic rings. The maximum Gasteiger partial charge on any atom is 0.234 e. The number of carbonyl (C=O) groups excluding carboxylic acids is 1. The Morgan fingerprint density at radius 1 is 1.24 bits per heavy atom. The largest absolute Gasteiger partial charge is 0.380 e. The van der Waals surface area contributed by atoms with Crippen molar-refractivity contribution in [2.75, 3.05) is 26.3 Å². The lowest BCUT2D eigenvalue weighted by molar-refractivity contribution is -0.121. The summed E-state index contributed by atoms with van der Waals surface area (Å²) in [6.07, 6.45) is 1.09. The number of hydrogen-bond acceptors (Lipinski definition) is 3. The third kappa shape index (κ3) is 13.3. The molecule has 102 valence electrons. The van der Waals surface area contributed by atoms with Gasteiger partial charge in [0, 0.05) is 18.7 Å². The first-order chi connectivity index (χ1) is 7.81. The highest BCUT2D eigenvalue weighted by molar-refractivity contribution is 5.78. The molecule has 0 aromatic carbocycles. The van der Waals surface area contributed by atoms with E-state index in [4.69, 9.17) is 4.74 Å². The summed E-state index contributed by atoms with van der Waals surface area (Å²) >= 11 is 0. The Morgan fingerprint density at radius 3 is 2.41 bits per heavy atom. The normalized spacial score (nSPS) is 11.9. The Morgan fingerprint density at radius 2 is 1.88 bits per heavy atom. The van der Waals surface area contributed by atoms with Gasteiger partial charge in [-0.1, -0.05) is 13.8 Å². The molecule has 17 heavy (non-hydrogen) atoms. The second kappa shape index (κ2) is 8.48. The minimum Gasteiger partial charge on any atom is -0.380 e. The van der Waals surface area contributed by atoms with Crippen molar-refractivity contribution in [3.8, 4) is 0 Å². The van der Waals surface area contributed by atoms with Gasteiger partial charge in [-0.05, 0) is 33.1 Å². The third-order valence-electron chi connectivity index (χ3n) is 2.06. The third-order valence-corrected chi connectivity index (χ3v) is 2.06. The first kappa shape index (κ1) is 16.4. The standard InChI is InChI=1S/C13H28N2O2/c1-11(2)6-8-17-9-7-14-10-12(16)15-13(3,4)5/h11,14H,6-10H2,1-5H3,(H,15,16). The van der Waals surface area contributed by atoms with E-state index in [1.54, 1.807) is 0 Å². The van der Waals surface area contributed by atoms with Crippen LogP contribution in [0.2, 0.25) is 0 Å². The summed E-state index contributed by atoms with van der Waals surface area (Å²) in [4.78, 5) is 11.4. The van der Waals surface area contributed by atoms with Crippen LogP contribution in [0.5, 0.6) is 0 Å². The second-order valence-electron chi connectivity index (χ2n) is 5.77. The zero-order chi connectivity index (χ0) is 13.3. The van der Waals surface area contributed by atoms with Gasteiger partial charge < -0.3 is 15.4 Å². The topological polar surface area (TPSA) is 50.4 Å². The Hall–Kier alpha value is -0.610. The molecule has 0 rings (SSSR count). The molecule has 0 radical (unpaired) electrons. The van der Waals surface area contributed by atoms with Gasteiger partial charge in [0.15, 0.2) is 0 Å². The lowest BCUT2D eigenvalue weighted by Gasteiger charge is -2.20. The fourth-order valence-corrected chi connectivity index (χ4v) is 1.23. The number of nitrogens with one attached hydrogen (secondary N) is 2. The molecule has 0 atom stereocenters. The predicted molar refractivity (Wildman–Crippen MR) is 71.0 cm³/mol. The van der Waals surface area contributed by atoms with Crippen molar-refractivity contribution in [1.82, 2.24) is 10.6 Å². The predicted octanol–water partition coefficient (Wildman–Crippen LogP) is 1.55. The molecule has 1 amide bonds. The number of ether oxygens (including phenoxy) is 1. The molecule has 0 aromatic rings. The molecule has 0 bridgehead atoms. The second-order valence-corrected chi connectivity index (χ2v) is 5.77. The molecule has 0 fully saturated rings. The number of hydrogen-bond donors (Lipinski definition) is 2. The van der Waals surface area contributed by atoms with Crippen LogP contribution in [0.15, 0.2) is 0 Å². The van der Waals surface area contributed by atoms with Crippen molar-refractivity contribution in [1.29, 1.82) is 0 Å². The van der Waals surface area contributed by atoms with Gasteiger partial charge in [0.25, 0.3) is 0 Å². The average molecular weight is 244 g/mol. The smallest absolute Gasteiger partial charge is 0.234 e. The average Bonchev–Trinajstić information content (AvgIpc) is 2.12. The highest BCUT2D eigenvalue weighted by Gasteiger charge is 2.12. The molecular formula is C13H28N2O2. The molecule has 0 saturated carbocycles. The van der Waals surface area contributed by atoms with Crippen molar-refractivity contribution in [2.24, 2.45) is 5.92 Å². The van der Waals surface area contributed by atoms with E-state index in [0.717, 1.165) is 19.6 Å². The van der Waals surface area contributed by atoms with Crippen LogP contribution >= 0.6 is 0 Å². The van der Waals surface area contributed by atoms with Crippen molar-refractivity contribution < 1.29 is 9.53 Å². The summed E-state index contributed by atoms with van der Waals surface area (Å²) in [6.45, 7) is 12.8. The SMILES string of the molecule is CC(C)CCOCCNCC(=O)NC(C)(C)C. The Bertz CT molecular complexity index is 210. The zero-order valence-corrected chi connectivity index (χ0v) is 11.9. The van der Waals surface area contributed by atoms with Crippen molar-refractivity contribution in [3.63, 3.8) is 0 Å². The maximum absolute atomic E-state index is 11.4. The number of carbonyl (C=O) groups is 1. The van der Waals surface area contributed by atoms with Crippen LogP contribution in [0, 0.1) is 5.92 Å². The molecule has 0 aliphatic carbocycles. The van der Waals surface area contributed by atoms with Crippen LogP contribution in [0.3, 0.4) is 0 Å². The molecule has 0 aromatic heterocycles. The van der Waals surface area contributed by atoms with E-state index in [9.17, 15) is 4.79 Å². The van der Waals surface area contributed by atoms with Crippen molar-refractivity contribution in [2.45, 2.75) is 46.6 Å². The van der Waals surface area contributed by atoms with Gasteiger partial charge in [0.05, 0.1) is 13.2 Å². The quantitative estimate of drug-likeness (QED) is 0.637. The Kier molecular flexibility index (Phi) is 8.17. The van der Waals surface area contributed by atoms with E-state index in [-0.39, 0.29) is 11.4 Å². The molecule has 0 aliphatic heterocycles. The highest BCUT2D eigenvalue weighted by Crippen LogP contribution is 1.98. The fourth-order valence-electron chi connectivity index (χ4n) is 1.23. The lowest BCUT2D eigenvalue weighted by Crippen LogP contribution is -2.45. The highest BCUT2D eigenvalue weighted by atomic mass is 16.5. The molecule has 0 saturated heterocycles. The summed E-state index contributed by atoms with van der Waals surface area (Å²) in [7, 11) is 0. The van der Waals surface area contributed by atoms with Crippen LogP contribution in [-0.2, 0) is 9.53 Å². The van der Waals surface area contributed by atoms with Gasteiger partial charge >= 0.3 is 0 Å². The molecular weight excluding hydrogens is 216 g/mol. The molecule has 4 nitrogen and oxygen atoms in total. The number of rotatable bonds is 8. The van der Waals surface area contributed by atoms with Crippen LogP contribution in [0.4, 0.5) is 0 Å². The molecule has 2 N–H and O–H groups in total. The van der Waals surface area contributed by atoms with Gasteiger partial charge in [-0.3, -0.25) is 4.79 Å². The Labute approximate surface area is 105 Å². The van der Waals surface area contributed by atoms with Crippen molar-refractivity contribution in [3.05, 3.63) is 0 Å². The van der Waals surface area contributed by atoms with Crippen molar-refractivity contribution >= 4 is 5.91 Å². The van der Waals surface area contributed by atoms with Gasteiger partial charge in [0.2, 0.25) is 5.91 Å². The van der Waals surface area contributed by atoms with Crippen LogP contribution < -0.4 is 10.6 Å². The van der Waals surface area contributed by atoms with Gasteiger partial charge in [-0.15, -0.1) is 0 Å². The van der Waals surface area contributed by atoms with E-state index in [1.807, 2.05) is 20.8 Å². The number of amides is 1. The van der Waals surface area contributed by atoms with E-state index in [2.05, 4.69) is 24.5 Å². The van der Waals surface area contributed by atoms with Gasteiger partial charge in [-0.25, -0.2) is 0 Å².